The zero-order chi connectivity index (χ0) is 21.8. The van der Waals surface area contributed by atoms with E-state index in [1.54, 1.807) is 24.3 Å². The van der Waals surface area contributed by atoms with E-state index in [1.165, 1.54) is 11.0 Å². The smallest absolute Gasteiger partial charge is 0.199 e. The van der Waals surface area contributed by atoms with Crippen LogP contribution in [0.4, 0.5) is 0 Å². The van der Waals surface area contributed by atoms with Gasteiger partial charge in [-0.3, -0.25) is 4.98 Å². The minimum absolute atomic E-state index is 0.279. The van der Waals surface area contributed by atoms with Crippen LogP contribution in [0.3, 0.4) is 0 Å². The highest BCUT2D eigenvalue weighted by atomic mass is 32.2. The van der Waals surface area contributed by atoms with Gasteiger partial charge in [-0.1, -0.05) is 36.4 Å². The quantitative estimate of drug-likeness (QED) is 0.437. The number of benzene rings is 2. The van der Waals surface area contributed by atoms with Gasteiger partial charge in [-0.2, -0.15) is 0 Å². The first kappa shape index (κ1) is 21.3. The molecule has 1 heterocycles. The molecule has 5 heteroatoms. The predicted molar refractivity (Wildman–Crippen MR) is 125 cm³/mol. The summed E-state index contributed by atoms with van der Waals surface area (Å²) in [6.07, 6.45) is 5.74. The molecule has 31 heavy (non-hydrogen) atoms. The summed E-state index contributed by atoms with van der Waals surface area (Å²) in [5.74, 6) is 0.939. The lowest BCUT2D eigenvalue weighted by Gasteiger charge is -2.19. The minimum atomic E-state index is -3.46. The normalized spacial score (nSPS) is 15.6. The Morgan fingerprint density at radius 3 is 2.55 bits per heavy atom. The van der Waals surface area contributed by atoms with Crippen LogP contribution >= 0.6 is 0 Å². The molecular formula is C26H27NO3S. The van der Waals surface area contributed by atoms with E-state index in [0.29, 0.717) is 18.3 Å². The maximum atomic E-state index is 12.7. The predicted octanol–water partition coefficient (Wildman–Crippen LogP) is 6.16. The molecule has 0 radical (unpaired) electrons. The number of rotatable bonds is 6. The number of fused-ring (bicyclic) bond motifs is 1. The summed E-state index contributed by atoms with van der Waals surface area (Å²) < 4.78 is 31.3. The molecule has 0 aliphatic heterocycles. The third kappa shape index (κ3) is 5.23. The standard InChI is InChI=1S/C26H27NO3S/c1-19-7-9-21(10-8-19)15-16-31(28,29)24-13-11-23(12-14-24)30-18-22-17-20(2)27-26-6-4-3-5-25(22)26/h3-6,11-17,21H,1,7-10,18H2,2H3. The van der Waals surface area contributed by atoms with Crippen LogP contribution in [0.25, 0.3) is 10.9 Å². The molecule has 4 rings (SSSR count). The zero-order valence-corrected chi connectivity index (χ0v) is 18.6. The van der Waals surface area contributed by atoms with Gasteiger partial charge in [0.15, 0.2) is 9.84 Å². The average molecular weight is 434 g/mol. The van der Waals surface area contributed by atoms with E-state index in [-0.39, 0.29) is 4.90 Å². The molecule has 1 aliphatic carbocycles. The highest BCUT2D eigenvalue weighted by molar-refractivity contribution is 7.94. The zero-order valence-electron chi connectivity index (χ0n) is 17.8. The van der Waals surface area contributed by atoms with E-state index in [2.05, 4.69) is 11.6 Å². The monoisotopic (exact) mass is 433 g/mol. The molecule has 160 valence electrons. The number of sulfone groups is 1. The Labute approximate surface area is 184 Å². The summed E-state index contributed by atoms with van der Waals surface area (Å²) in [6.45, 7) is 6.37. The average Bonchev–Trinajstić information content (AvgIpc) is 2.77. The molecular weight excluding hydrogens is 406 g/mol. The van der Waals surface area contributed by atoms with E-state index in [4.69, 9.17) is 4.74 Å². The van der Waals surface area contributed by atoms with E-state index in [1.807, 2.05) is 43.3 Å². The van der Waals surface area contributed by atoms with Crippen molar-refractivity contribution < 1.29 is 13.2 Å². The highest BCUT2D eigenvalue weighted by Crippen LogP contribution is 2.29. The van der Waals surface area contributed by atoms with E-state index >= 15 is 0 Å². The summed E-state index contributed by atoms with van der Waals surface area (Å²) in [5.41, 5.74) is 4.19. The molecule has 0 unspecified atom stereocenters. The van der Waals surface area contributed by atoms with Crippen molar-refractivity contribution in [1.82, 2.24) is 4.98 Å². The lowest BCUT2D eigenvalue weighted by molar-refractivity contribution is 0.307. The number of aryl methyl sites for hydroxylation is 1. The summed E-state index contributed by atoms with van der Waals surface area (Å²) in [4.78, 5) is 4.83. The van der Waals surface area contributed by atoms with E-state index in [9.17, 15) is 8.42 Å². The fourth-order valence-electron chi connectivity index (χ4n) is 3.93. The fourth-order valence-corrected chi connectivity index (χ4v) is 5.04. The molecule has 0 N–H and O–H groups in total. The molecule has 3 aromatic rings. The Morgan fingerprint density at radius 1 is 1.10 bits per heavy atom. The summed E-state index contributed by atoms with van der Waals surface area (Å²) in [6, 6.07) is 16.6. The second-order valence-electron chi connectivity index (χ2n) is 8.16. The maximum absolute atomic E-state index is 12.7. The first-order chi connectivity index (χ1) is 14.9. The molecule has 1 fully saturated rings. The second kappa shape index (κ2) is 9.06. The lowest BCUT2D eigenvalue weighted by atomic mass is 9.87. The van der Waals surface area contributed by atoms with Gasteiger partial charge in [0.1, 0.15) is 12.4 Å². The topological polar surface area (TPSA) is 56.3 Å². The molecule has 0 spiro atoms. The number of nitrogens with zero attached hydrogens (tertiary/aromatic N) is 1. The highest BCUT2D eigenvalue weighted by Gasteiger charge is 2.16. The van der Waals surface area contributed by atoms with Crippen molar-refractivity contribution in [3.8, 4) is 5.75 Å². The van der Waals surface area contributed by atoms with Crippen molar-refractivity contribution in [2.45, 2.75) is 44.1 Å². The first-order valence-electron chi connectivity index (χ1n) is 10.6. The van der Waals surface area contributed by atoms with E-state index in [0.717, 1.165) is 47.8 Å². The summed E-state index contributed by atoms with van der Waals surface area (Å²) in [7, 11) is -3.46. The van der Waals surface area contributed by atoms with Gasteiger partial charge >= 0.3 is 0 Å². The third-order valence-electron chi connectivity index (χ3n) is 5.74. The SMILES string of the molecule is C=C1CCC(C=CS(=O)(=O)c2ccc(OCc3cc(C)nc4ccccc34)cc2)CC1. The van der Waals surface area contributed by atoms with Gasteiger partial charge in [0, 0.05) is 22.1 Å². The van der Waals surface area contributed by atoms with Crippen LogP contribution in [0.2, 0.25) is 0 Å². The molecule has 0 bridgehead atoms. The van der Waals surface area contributed by atoms with Gasteiger partial charge in [0.25, 0.3) is 0 Å². The Bertz CT molecular complexity index is 1220. The number of hydrogen-bond donors (Lipinski definition) is 0. The van der Waals surface area contributed by atoms with E-state index < -0.39 is 9.84 Å². The van der Waals surface area contributed by atoms with Crippen LogP contribution in [-0.2, 0) is 16.4 Å². The Morgan fingerprint density at radius 2 is 1.81 bits per heavy atom. The van der Waals surface area contributed by atoms with Crippen LogP contribution < -0.4 is 4.74 Å². The van der Waals surface area contributed by atoms with Gasteiger partial charge < -0.3 is 4.74 Å². The second-order valence-corrected chi connectivity index (χ2v) is 9.99. The van der Waals surface area contributed by atoms with Crippen LogP contribution in [0.1, 0.15) is 36.9 Å². The first-order valence-corrected chi connectivity index (χ1v) is 12.1. The third-order valence-corrected chi connectivity index (χ3v) is 7.19. The van der Waals surface area contributed by atoms with Gasteiger partial charge in [0.2, 0.25) is 0 Å². The van der Waals surface area contributed by atoms with Crippen LogP contribution in [-0.4, -0.2) is 13.4 Å². The largest absolute Gasteiger partial charge is 0.489 e. The Hall–Kier alpha value is -2.92. The van der Waals surface area contributed by atoms with Crippen molar-refractivity contribution in [1.29, 1.82) is 0 Å². The number of ether oxygens (including phenoxy) is 1. The minimum Gasteiger partial charge on any atom is -0.489 e. The number of pyridine rings is 1. The van der Waals surface area contributed by atoms with Crippen LogP contribution in [0.15, 0.2) is 83.1 Å². The molecule has 4 nitrogen and oxygen atoms in total. The van der Waals surface area contributed by atoms with Crippen molar-refractivity contribution in [2.24, 2.45) is 5.92 Å². The van der Waals surface area contributed by atoms with Gasteiger partial charge in [-0.25, -0.2) is 8.42 Å². The number of allylic oxidation sites excluding steroid dienone is 2. The molecule has 1 aliphatic rings. The molecule has 1 saturated carbocycles. The van der Waals surface area contributed by atoms with Crippen LogP contribution in [0, 0.1) is 12.8 Å². The van der Waals surface area contributed by atoms with Gasteiger partial charge in [-0.05, 0) is 74.9 Å². The van der Waals surface area contributed by atoms with Crippen molar-refractivity contribution in [3.05, 3.63) is 89.5 Å². The molecule has 1 aromatic heterocycles. The molecule has 0 saturated heterocycles. The number of para-hydroxylation sites is 1. The van der Waals surface area contributed by atoms with Crippen molar-refractivity contribution >= 4 is 20.7 Å². The summed E-state index contributed by atoms with van der Waals surface area (Å²) >= 11 is 0. The molecule has 0 atom stereocenters. The Kier molecular flexibility index (Phi) is 6.23. The van der Waals surface area contributed by atoms with Gasteiger partial charge in [-0.15, -0.1) is 0 Å². The molecule has 2 aromatic carbocycles. The van der Waals surface area contributed by atoms with Crippen molar-refractivity contribution in [2.75, 3.05) is 0 Å². The fraction of sp³-hybridized carbons (Fsp3) is 0.269. The summed E-state index contributed by atoms with van der Waals surface area (Å²) in [5, 5.41) is 2.41. The molecule has 0 amide bonds. The number of hydrogen-bond acceptors (Lipinski definition) is 4. The maximum Gasteiger partial charge on any atom is 0.199 e. The number of aromatic nitrogens is 1. The van der Waals surface area contributed by atoms with Crippen LogP contribution in [0.5, 0.6) is 5.75 Å². The lowest BCUT2D eigenvalue weighted by Crippen LogP contribution is -2.06. The van der Waals surface area contributed by atoms with Crippen molar-refractivity contribution in [3.63, 3.8) is 0 Å². The van der Waals surface area contributed by atoms with Gasteiger partial charge in [0.05, 0.1) is 10.4 Å². The Balaban J connectivity index is 1.43.